The molecule has 0 aliphatic rings. The number of halogens is 1. The van der Waals surface area contributed by atoms with Crippen LogP contribution in [0.2, 0.25) is 0 Å². The predicted molar refractivity (Wildman–Crippen MR) is 88.4 cm³/mol. The van der Waals surface area contributed by atoms with Crippen LogP contribution in [0, 0.1) is 0 Å². The van der Waals surface area contributed by atoms with Crippen molar-refractivity contribution in [3.05, 3.63) is 28.2 Å². The largest absolute Gasteiger partial charge is 0.389 e. The molecule has 1 unspecified atom stereocenters. The van der Waals surface area contributed by atoms with Gasteiger partial charge in [0, 0.05) is 35.4 Å². The van der Waals surface area contributed by atoms with Gasteiger partial charge in [-0.25, -0.2) is 0 Å². The lowest BCUT2D eigenvalue weighted by molar-refractivity contribution is 0.195. The van der Waals surface area contributed by atoms with E-state index < -0.39 is 6.10 Å². The first-order valence-corrected chi connectivity index (χ1v) is 8.07. The Morgan fingerprint density at radius 1 is 1.30 bits per heavy atom. The van der Waals surface area contributed by atoms with Gasteiger partial charge in [-0.3, -0.25) is 0 Å². The molecular formula is C16H26BrNO2. The minimum Gasteiger partial charge on any atom is -0.389 e. The molecule has 0 radical (unpaired) electrons. The molecular weight excluding hydrogens is 318 g/mol. The van der Waals surface area contributed by atoms with E-state index in [9.17, 15) is 5.11 Å². The van der Waals surface area contributed by atoms with E-state index in [2.05, 4.69) is 40.7 Å². The van der Waals surface area contributed by atoms with Crippen LogP contribution in [0.1, 0.15) is 45.3 Å². The average molecular weight is 344 g/mol. The molecule has 1 aromatic carbocycles. The molecule has 114 valence electrons. The monoisotopic (exact) mass is 343 g/mol. The van der Waals surface area contributed by atoms with E-state index in [0.29, 0.717) is 12.6 Å². The number of aliphatic hydroxyl groups excluding tert-OH is 1. The first-order chi connectivity index (χ1) is 9.54. The molecule has 0 saturated carbocycles. The van der Waals surface area contributed by atoms with Gasteiger partial charge in [-0.15, -0.1) is 0 Å². The molecule has 1 N–H and O–H groups in total. The molecule has 0 fully saturated rings. The molecule has 0 spiro atoms. The van der Waals surface area contributed by atoms with E-state index in [1.165, 1.54) is 0 Å². The number of ether oxygens (including phenoxy) is 1. The van der Waals surface area contributed by atoms with Crippen molar-refractivity contribution in [1.82, 2.24) is 0 Å². The van der Waals surface area contributed by atoms with Crippen molar-refractivity contribution in [1.29, 1.82) is 0 Å². The maximum atomic E-state index is 10.1. The molecule has 20 heavy (non-hydrogen) atoms. The van der Waals surface area contributed by atoms with E-state index in [0.717, 1.165) is 35.1 Å². The lowest BCUT2D eigenvalue weighted by Crippen LogP contribution is -2.37. The number of aliphatic hydroxyl groups is 1. The Bertz CT molecular complexity index is 405. The van der Waals surface area contributed by atoms with Gasteiger partial charge in [0.1, 0.15) is 0 Å². The van der Waals surface area contributed by atoms with E-state index in [4.69, 9.17) is 4.74 Å². The highest BCUT2D eigenvalue weighted by Gasteiger charge is 2.20. The van der Waals surface area contributed by atoms with Crippen molar-refractivity contribution in [2.75, 3.05) is 25.2 Å². The number of benzene rings is 1. The Labute approximate surface area is 131 Å². The molecule has 0 aliphatic carbocycles. The SMILES string of the molecule is CCC(CC)N(CCOC)c1ccc(Br)cc1C(C)O. The molecule has 1 atom stereocenters. The summed E-state index contributed by atoms with van der Waals surface area (Å²) >= 11 is 3.48. The summed E-state index contributed by atoms with van der Waals surface area (Å²) in [4.78, 5) is 2.36. The maximum Gasteiger partial charge on any atom is 0.0782 e. The van der Waals surface area contributed by atoms with E-state index in [1.54, 1.807) is 7.11 Å². The van der Waals surface area contributed by atoms with Crippen molar-refractivity contribution in [3.8, 4) is 0 Å². The van der Waals surface area contributed by atoms with Crippen molar-refractivity contribution in [2.24, 2.45) is 0 Å². The number of hydrogen-bond donors (Lipinski definition) is 1. The number of hydrogen-bond acceptors (Lipinski definition) is 3. The fourth-order valence-corrected chi connectivity index (χ4v) is 2.92. The lowest BCUT2D eigenvalue weighted by Gasteiger charge is -2.34. The zero-order valence-electron chi connectivity index (χ0n) is 12.9. The quantitative estimate of drug-likeness (QED) is 0.769. The standard InChI is InChI=1S/C16H26BrNO2/c1-5-14(6-2)18(9-10-20-4)16-8-7-13(17)11-15(16)12(3)19/h7-8,11-12,14,19H,5-6,9-10H2,1-4H3. The van der Waals surface area contributed by atoms with Crippen LogP contribution in [-0.2, 0) is 4.74 Å². The third-order valence-corrected chi connectivity index (χ3v) is 4.16. The molecule has 1 aromatic rings. The van der Waals surface area contributed by atoms with Gasteiger partial charge in [-0.2, -0.15) is 0 Å². The second-order valence-corrected chi connectivity index (χ2v) is 5.95. The molecule has 0 amide bonds. The zero-order valence-corrected chi connectivity index (χ0v) is 14.5. The fraction of sp³-hybridized carbons (Fsp3) is 0.625. The Kier molecular flexibility index (Phi) is 7.56. The first-order valence-electron chi connectivity index (χ1n) is 7.28. The van der Waals surface area contributed by atoms with Crippen LogP contribution in [-0.4, -0.2) is 31.4 Å². The number of anilines is 1. The van der Waals surface area contributed by atoms with Gasteiger partial charge >= 0.3 is 0 Å². The highest BCUT2D eigenvalue weighted by molar-refractivity contribution is 9.10. The van der Waals surface area contributed by atoms with Gasteiger partial charge in [0.2, 0.25) is 0 Å². The van der Waals surface area contributed by atoms with Crippen molar-refractivity contribution in [2.45, 2.75) is 45.8 Å². The molecule has 0 aliphatic heterocycles. The van der Waals surface area contributed by atoms with Crippen LogP contribution >= 0.6 is 15.9 Å². The normalized spacial score (nSPS) is 12.8. The molecule has 3 nitrogen and oxygen atoms in total. The van der Waals surface area contributed by atoms with Gasteiger partial charge in [-0.1, -0.05) is 29.8 Å². The van der Waals surface area contributed by atoms with Crippen LogP contribution < -0.4 is 4.90 Å². The molecule has 0 aromatic heterocycles. The molecule has 0 heterocycles. The zero-order chi connectivity index (χ0) is 15.1. The van der Waals surface area contributed by atoms with Gasteiger partial charge in [-0.05, 0) is 38.0 Å². The van der Waals surface area contributed by atoms with Crippen LogP contribution in [0.5, 0.6) is 0 Å². The second kappa shape index (κ2) is 8.65. The highest BCUT2D eigenvalue weighted by Crippen LogP contribution is 2.31. The smallest absolute Gasteiger partial charge is 0.0782 e. The summed E-state index contributed by atoms with van der Waals surface area (Å²) in [6.45, 7) is 7.74. The molecule has 1 rings (SSSR count). The van der Waals surface area contributed by atoms with Crippen LogP contribution in [0.25, 0.3) is 0 Å². The number of nitrogens with zero attached hydrogens (tertiary/aromatic N) is 1. The topological polar surface area (TPSA) is 32.7 Å². The fourth-order valence-electron chi connectivity index (χ4n) is 2.54. The number of methoxy groups -OCH3 is 1. The van der Waals surface area contributed by atoms with Crippen LogP contribution in [0.3, 0.4) is 0 Å². The summed E-state index contributed by atoms with van der Waals surface area (Å²) in [5.41, 5.74) is 2.07. The van der Waals surface area contributed by atoms with Crippen LogP contribution in [0.15, 0.2) is 22.7 Å². The third kappa shape index (κ3) is 4.47. The van der Waals surface area contributed by atoms with E-state index in [-0.39, 0.29) is 0 Å². The van der Waals surface area contributed by atoms with E-state index >= 15 is 0 Å². The van der Waals surface area contributed by atoms with Gasteiger partial charge in [0.15, 0.2) is 0 Å². The minimum absolute atomic E-state index is 0.462. The average Bonchev–Trinajstić information content (AvgIpc) is 2.43. The van der Waals surface area contributed by atoms with Gasteiger partial charge in [0.05, 0.1) is 12.7 Å². The van der Waals surface area contributed by atoms with Gasteiger partial charge < -0.3 is 14.7 Å². The summed E-state index contributed by atoms with van der Waals surface area (Å²) in [5.74, 6) is 0. The van der Waals surface area contributed by atoms with Crippen molar-refractivity contribution >= 4 is 21.6 Å². The lowest BCUT2D eigenvalue weighted by atomic mass is 10.0. The molecule has 0 bridgehead atoms. The Balaban J connectivity index is 3.17. The predicted octanol–water partition coefficient (Wildman–Crippen LogP) is 4.14. The summed E-state index contributed by atoms with van der Waals surface area (Å²) < 4.78 is 6.24. The highest BCUT2D eigenvalue weighted by atomic mass is 79.9. The maximum absolute atomic E-state index is 10.1. The Hall–Kier alpha value is -0.580. The summed E-state index contributed by atoms with van der Waals surface area (Å²) in [5, 5.41) is 10.1. The van der Waals surface area contributed by atoms with E-state index in [1.807, 2.05) is 19.1 Å². The summed E-state index contributed by atoms with van der Waals surface area (Å²) in [7, 11) is 1.72. The molecule has 4 heteroatoms. The summed E-state index contributed by atoms with van der Waals surface area (Å²) in [6, 6.07) is 6.58. The van der Waals surface area contributed by atoms with Crippen molar-refractivity contribution < 1.29 is 9.84 Å². The van der Waals surface area contributed by atoms with Crippen LogP contribution in [0.4, 0.5) is 5.69 Å². The van der Waals surface area contributed by atoms with Gasteiger partial charge in [0.25, 0.3) is 0 Å². The third-order valence-electron chi connectivity index (χ3n) is 3.67. The van der Waals surface area contributed by atoms with Crippen molar-refractivity contribution in [3.63, 3.8) is 0 Å². The number of rotatable bonds is 8. The molecule has 0 saturated heterocycles. The first kappa shape index (κ1) is 17.5. The Morgan fingerprint density at radius 3 is 2.45 bits per heavy atom. The summed E-state index contributed by atoms with van der Waals surface area (Å²) in [6.07, 6.45) is 1.67. The second-order valence-electron chi connectivity index (χ2n) is 5.04. The minimum atomic E-state index is -0.484. The Morgan fingerprint density at radius 2 is 1.95 bits per heavy atom.